The highest BCUT2D eigenvalue weighted by atomic mass is 32.1. The molecule has 0 unspecified atom stereocenters. The molecule has 0 atom stereocenters. The molecule has 5 nitrogen and oxygen atoms in total. The Labute approximate surface area is 114 Å². The van der Waals surface area contributed by atoms with Crippen LogP contribution < -0.4 is 5.32 Å². The summed E-state index contributed by atoms with van der Waals surface area (Å²) in [5.41, 5.74) is 2.06. The molecule has 0 saturated heterocycles. The summed E-state index contributed by atoms with van der Waals surface area (Å²) >= 11 is 1.57. The van der Waals surface area contributed by atoms with Gasteiger partial charge in [0.2, 0.25) is 0 Å². The molecular weight excluding hydrogens is 262 g/mol. The van der Waals surface area contributed by atoms with Crippen LogP contribution in [0.3, 0.4) is 0 Å². The molecule has 1 heterocycles. The molecule has 3 rings (SSSR count). The fourth-order valence-corrected chi connectivity index (χ4v) is 2.61. The number of non-ortho nitro benzene ring substituents is 1. The Kier molecular flexibility index (Phi) is 3.27. The molecule has 1 saturated carbocycles. The summed E-state index contributed by atoms with van der Waals surface area (Å²) in [6, 6.07) is 7.19. The first-order valence-electron chi connectivity index (χ1n) is 6.15. The quantitative estimate of drug-likeness (QED) is 0.673. The van der Waals surface area contributed by atoms with Crippen LogP contribution in [0.1, 0.15) is 18.5 Å². The molecule has 0 bridgehead atoms. The van der Waals surface area contributed by atoms with Crippen molar-refractivity contribution in [2.45, 2.75) is 25.4 Å². The Morgan fingerprint density at radius 3 is 2.74 bits per heavy atom. The second kappa shape index (κ2) is 5.07. The van der Waals surface area contributed by atoms with E-state index in [9.17, 15) is 10.1 Å². The summed E-state index contributed by atoms with van der Waals surface area (Å²) in [6.07, 6.45) is 2.53. The van der Waals surface area contributed by atoms with E-state index in [0.29, 0.717) is 6.04 Å². The number of nitrogens with one attached hydrogen (secondary N) is 1. The number of benzene rings is 1. The molecule has 0 amide bonds. The standard InChI is InChI=1S/C13H13N3O2S/c17-16(18)12-5-1-9(2-6-12)13-15-11(8-19-13)7-14-10-3-4-10/h1-2,5-6,8,10,14H,3-4,7H2. The highest BCUT2D eigenvalue weighted by molar-refractivity contribution is 7.13. The summed E-state index contributed by atoms with van der Waals surface area (Å²) < 4.78 is 0. The Morgan fingerprint density at radius 2 is 2.11 bits per heavy atom. The lowest BCUT2D eigenvalue weighted by atomic mass is 10.2. The first-order valence-corrected chi connectivity index (χ1v) is 7.03. The van der Waals surface area contributed by atoms with Gasteiger partial charge < -0.3 is 5.32 Å². The van der Waals surface area contributed by atoms with Gasteiger partial charge in [-0.15, -0.1) is 11.3 Å². The summed E-state index contributed by atoms with van der Waals surface area (Å²) in [7, 11) is 0. The van der Waals surface area contributed by atoms with Crippen molar-refractivity contribution in [2.24, 2.45) is 0 Å². The number of thiazole rings is 1. The minimum absolute atomic E-state index is 0.107. The van der Waals surface area contributed by atoms with Crippen LogP contribution in [-0.4, -0.2) is 15.9 Å². The van der Waals surface area contributed by atoms with E-state index in [1.165, 1.54) is 25.0 Å². The average molecular weight is 275 g/mol. The Bertz CT molecular complexity index is 590. The largest absolute Gasteiger partial charge is 0.308 e. The molecule has 98 valence electrons. The van der Waals surface area contributed by atoms with Crippen molar-refractivity contribution in [3.8, 4) is 10.6 Å². The second-order valence-corrected chi connectivity index (χ2v) is 5.46. The lowest BCUT2D eigenvalue weighted by Gasteiger charge is -1.98. The van der Waals surface area contributed by atoms with Crippen LogP contribution in [-0.2, 0) is 6.54 Å². The number of nitro groups is 1. The third-order valence-corrected chi connectivity index (χ3v) is 3.97. The third-order valence-electron chi connectivity index (χ3n) is 3.03. The summed E-state index contributed by atoms with van der Waals surface area (Å²) in [5.74, 6) is 0. The molecule has 0 radical (unpaired) electrons. The van der Waals surface area contributed by atoms with Gasteiger partial charge in [-0.3, -0.25) is 10.1 Å². The van der Waals surface area contributed by atoms with Crippen LogP contribution in [0.4, 0.5) is 5.69 Å². The zero-order chi connectivity index (χ0) is 13.2. The molecule has 1 aliphatic rings. The van der Waals surface area contributed by atoms with Gasteiger partial charge in [0.15, 0.2) is 0 Å². The van der Waals surface area contributed by atoms with E-state index in [1.807, 2.05) is 5.38 Å². The fraction of sp³-hybridized carbons (Fsp3) is 0.308. The minimum Gasteiger partial charge on any atom is -0.308 e. The molecule has 1 aromatic carbocycles. The summed E-state index contributed by atoms with van der Waals surface area (Å²) in [6.45, 7) is 0.800. The van der Waals surface area contributed by atoms with E-state index >= 15 is 0 Å². The van der Waals surface area contributed by atoms with Crippen molar-refractivity contribution in [2.75, 3.05) is 0 Å². The van der Waals surface area contributed by atoms with Crippen LogP contribution in [0.15, 0.2) is 29.6 Å². The van der Waals surface area contributed by atoms with Crippen molar-refractivity contribution in [3.63, 3.8) is 0 Å². The van der Waals surface area contributed by atoms with Gasteiger partial charge in [-0.05, 0) is 25.0 Å². The molecule has 0 aliphatic heterocycles. The first kappa shape index (κ1) is 12.3. The highest BCUT2D eigenvalue weighted by Crippen LogP contribution is 2.26. The van der Waals surface area contributed by atoms with E-state index in [1.54, 1.807) is 23.5 Å². The number of nitro benzene ring substituents is 1. The number of nitrogens with zero attached hydrogens (tertiary/aromatic N) is 2. The number of rotatable bonds is 5. The van der Waals surface area contributed by atoms with E-state index in [2.05, 4.69) is 10.3 Å². The van der Waals surface area contributed by atoms with Crippen LogP contribution >= 0.6 is 11.3 Å². The van der Waals surface area contributed by atoms with Crippen LogP contribution in [0.25, 0.3) is 10.6 Å². The van der Waals surface area contributed by atoms with E-state index in [4.69, 9.17) is 0 Å². The smallest absolute Gasteiger partial charge is 0.269 e. The van der Waals surface area contributed by atoms with Crippen LogP contribution in [0, 0.1) is 10.1 Å². The maximum absolute atomic E-state index is 10.6. The van der Waals surface area contributed by atoms with Crippen molar-refractivity contribution in [1.29, 1.82) is 0 Å². The molecule has 6 heteroatoms. The van der Waals surface area contributed by atoms with Crippen molar-refractivity contribution in [1.82, 2.24) is 10.3 Å². The normalized spacial score (nSPS) is 14.5. The zero-order valence-electron chi connectivity index (χ0n) is 10.2. The molecule has 2 aromatic rings. The van der Waals surface area contributed by atoms with Gasteiger partial charge in [-0.25, -0.2) is 4.98 Å². The predicted octanol–water partition coefficient (Wildman–Crippen LogP) is 2.97. The average Bonchev–Trinajstić information content (AvgIpc) is 3.13. The fourth-order valence-electron chi connectivity index (χ4n) is 1.78. The number of aromatic nitrogens is 1. The number of hydrogen-bond donors (Lipinski definition) is 1. The third kappa shape index (κ3) is 2.97. The molecular formula is C13H13N3O2S. The van der Waals surface area contributed by atoms with Crippen LogP contribution in [0.5, 0.6) is 0 Å². The molecule has 1 aliphatic carbocycles. The molecule has 19 heavy (non-hydrogen) atoms. The first-order chi connectivity index (χ1) is 9.22. The topological polar surface area (TPSA) is 68.1 Å². The van der Waals surface area contributed by atoms with Gasteiger partial charge in [0.1, 0.15) is 5.01 Å². The van der Waals surface area contributed by atoms with Gasteiger partial charge >= 0.3 is 0 Å². The molecule has 0 spiro atoms. The molecule has 1 fully saturated rings. The lowest BCUT2D eigenvalue weighted by Crippen LogP contribution is -2.15. The monoisotopic (exact) mass is 275 g/mol. The zero-order valence-corrected chi connectivity index (χ0v) is 11.0. The Hall–Kier alpha value is -1.79. The van der Waals surface area contributed by atoms with Gasteiger partial charge in [0.25, 0.3) is 5.69 Å². The minimum atomic E-state index is -0.392. The maximum Gasteiger partial charge on any atom is 0.269 e. The highest BCUT2D eigenvalue weighted by Gasteiger charge is 2.20. The van der Waals surface area contributed by atoms with Crippen molar-refractivity contribution in [3.05, 3.63) is 45.5 Å². The van der Waals surface area contributed by atoms with E-state index < -0.39 is 4.92 Å². The van der Waals surface area contributed by atoms with Gasteiger partial charge in [0.05, 0.1) is 10.6 Å². The van der Waals surface area contributed by atoms with Crippen LogP contribution in [0.2, 0.25) is 0 Å². The SMILES string of the molecule is O=[N+]([O-])c1ccc(-c2nc(CNC3CC3)cs2)cc1. The molecule has 1 N–H and O–H groups in total. The number of hydrogen-bond acceptors (Lipinski definition) is 5. The molecule has 1 aromatic heterocycles. The van der Waals surface area contributed by atoms with Gasteiger partial charge in [-0.1, -0.05) is 0 Å². The van der Waals surface area contributed by atoms with Crippen molar-refractivity contribution < 1.29 is 4.92 Å². The van der Waals surface area contributed by atoms with Gasteiger partial charge in [0, 0.05) is 35.7 Å². The second-order valence-electron chi connectivity index (χ2n) is 4.60. The lowest BCUT2D eigenvalue weighted by molar-refractivity contribution is -0.384. The Morgan fingerprint density at radius 1 is 1.37 bits per heavy atom. The van der Waals surface area contributed by atoms with Crippen molar-refractivity contribution >= 4 is 17.0 Å². The van der Waals surface area contributed by atoms with E-state index in [0.717, 1.165) is 22.8 Å². The summed E-state index contributed by atoms with van der Waals surface area (Å²) in [5, 5.41) is 16.9. The van der Waals surface area contributed by atoms with E-state index in [-0.39, 0.29) is 5.69 Å². The summed E-state index contributed by atoms with van der Waals surface area (Å²) in [4.78, 5) is 14.7. The maximum atomic E-state index is 10.6. The Balaban J connectivity index is 1.71. The predicted molar refractivity (Wildman–Crippen MR) is 74.1 cm³/mol. The van der Waals surface area contributed by atoms with Gasteiger partial charge in [-0.2, -0.15) is 0 Å².